The van der Waals surface area contributed by atoms with Crippen molar-refractivity contribution in [1.82, 2.24) is 0 Å². The number of carbonyl (C=O) groups is 1. The van der Waals surface area contributed by atoms with Crippen LogP contribution < -0.4 is 5.73 Å². The predicted molar refractivity (Wildman–Crippen MR) is 40.0 cm³/mol. The van der Waals surface area contributed by atoms with Gasteiger partial charge in [-0.1, -0.05) is 6.92 Å². The minimum atomic E-state index is -0.841. The van der Waals surface area contributed by atoms with Crippen molar-refractivity contribution in [3.8, 4) is 0 Å². The molecule has 3 rings (SSSR count). The van der Waals surface area contributed by atoms with Crippen LogP contribution >= 0.6 is 0 Å². The van der Waals surface area contributed by atoms with E-state index in [9.17, 15) is 4.79 Å². The lowest BCUT2D eigenvalue weighted by Gasteiger charge is -2.71. The summed E-state index contributed by atoms with van der Waals surface area (Å²) in [6.45, 7) is 2.20. The minimum Gasteiger partial charge on any atom is -0.480 e. The average molecular weight is 155 g/mol. The van der Waals surface area contributed by atoms with Crippen LogP contribution in [0.4, 0.5) is 0 Å². The zero-order valence-corrected chi connectivity index (χ0v) is 6.63. The monoisotopic (exact) mass is 155 g/mol. The Hall–Kier alpha value is -0.570. The summed E-state index contributed by atoms with van der Waals surface area (Å²) >= 11 is 0. The average Bonchev–Trinajstić information content (AvgIpc) is 1.77. The van der Waals surface area contributed by atoms with Crippen molar-refractivity contribution in [2.45, 2.75) is 32.2 Å². The molecule has 62 valence electrons. The molecule has 0 amide bonds. The smallest absolute Gasteiger partial charge is 0.321 e. The summed E-state index contributed by atoms with van der Waals surface area (Å²) in [4.78, 5) is 10.5. The summed E-state index contributed by atoms with van der Waals surface area (Å²) in [5, 5.41) is 8.67. The Labute approximate surface area is 65.6 Å². The molecule has 3 fully saturated rings. The van der Waals surface area contributed by atoms with Crippen LogP contribution in [-0.2, 0) is 4.79 Å². The summed E-state index contributed by atoms with van der Waals surface area (Å²) in [5.74, 6) is -0.841. The van der Waals surface area contributed by atoms with E-state index in [1.807, 2.05) is 0 Å². The second kappa shape index (κ2) is 1.61. The zero-order valence-electron chi connectivity index (χ0n) is 6.63. The zero-order chi connectivity index (χ0) is 8.28. The van der Waals surface area contributed by atoms with Crippen LogP contribution in [0.1, 0.15) is 26.2 Å². The van der Waals surface area contributed by atoms with E-state index in [-0.39, 0.29) is 5.41 Å². The molecule has 0 radical (unpaired) electrons. The maximum absolute atomic E-state index is 10.5. The van der Waals surface area contributed by atoms with Crippen molar-refractivity contribution in [3.63, 3.8) is 0 Å². The van der Waals surface area contributed by atoms with E-state index >= 15 is 0 Å². The van der Waals surface area contributed by atoms with Crippen LogP contribution in [0.25, 0.3) is 0 Å². The molecule has 0 aliphatic heterocycles. The van der Waals surface area contributed by atoms with Crippen molar-refractivity contribution in [2.75, 3.05) is 0 Å². The highest BCUT2D eigenvalue weighted by Gasteiger charge is 2.68. The maximum Gasteiger partial charge on any atom is 0.321 e. The Balaban J connectivity index is 2.04. The van der Waals surface area contributed by atoms with Crippen molar-refractivity contribution in [1.29, 1.82) is 0 Å². The Morgan fingerprint density at radius 2 is 2.00 bits per heavy atom. The molecule has 0 aromatic rings. The van der Waals surface area contributed by atoms with Crippen LogP contribution in [0, 0.1) is 10.8 Å². The van der Waals surface area contributed by atoms with Crippen molar-refractivity contribution in [2.24, 2.45) is 16.6 Å². The minimum absolute atomic E-state index is 0.0133. The summed E-state index contributed by atoms with van der Waals surface area (Å²) < 4.78 is 0. The highest BCUT2D eigenvalue weighted by molar-refractivity contribution is 5.75. The predicted octanol–water partition coefficient (Wildman–Crippen LogP) is 0.588. The second-order valence-corrected chi connectivity index (χ2v) is 4.52. The number of hydrogen-bond donors (Lipinski definition) is 2. The fourth-order valence-corrected chi connectivity index (χ4v) is 2.99. The van der Waals surface area contributed by atoms with Gasteiger partial charge in [-0.05, 0) is 30.1 Å². The highest BCUT2D eigenvalue weighted by atomic mass is 16.4. The standard InChI is InChI=1S/C8H13NO2/c1-7-2-8(3-7,4-7)5(9)6(10)11/h5H,2-4,9H2,1H3,(H,10,11)/t5-,7?,8?/m0/s1. The summed E-state index contributed by atoms with van der Waals surface area (Å²) in [6, 6.07) is -0.621. The van der Waals surface area contributed by atoms with Gasteiger partial charge >= 0.3 is 5.97 Å². The third-order valence-electron chi connectivity index (χ3n) is 3.26. The summed E-state index contributed by atoms with van der Waals surface area (Å²) in [7, 11) is 0. The lowest BCUT2D eigenvalue weighted by molar-refractivity contribution is -0.210. The fourth-order valence-electron chi connectivity index (χ4n) is 2.99. The number of hydrogen-bond acceptors (Lipinski definition) is 2. The molecule has 3 heteroatoms. The van der Waals surface area contributed by atoms with Crippen LogP contribution in [0.2, 0.25) is 0 Å². The number of carboxylic acid groups (broad SMARTS) is 1. The van der Waals surface area contributed by atoms with Gasteiger partial charge in [-0.15, -0.1) is 0 Å². The van der Waals surface area contributed by atoms with Crippen molar-refractivity contribution in [3.05, 3.63) is 0 Å². The molecule has 0 unspecified atom stereocenters. The normalized spacial score (nSPS) is 48.9. The van der Waals surface area contributed by atoms with Gasteiger partial charge in [0.15, 0.2) is 0 Å². The summed E-state index contributed by atoms with van der Waals surface area (Å²) in [6.07, 6.45) is 3.06. The summed E-state index contributed by atoms with van der Waals surface area (Å²) in [5.41, 5.74) is 5.99. The number of nitrogens with two attached hydrogens (primary N) is 1. The molecule has 3 N–H and O–H groups in total. The number of aliphatic carboxylic acids is 1. The topological polar surface area (TPSA) is 63.3 Å². The Kier molecular flexibility index (Phi) is 1.04. The molecule has 0 aromatic carbocycles. The first-order valence-corrected chi connectivity index (χ1v) is 3.96. The molecule has 0 heterocycles. The van der Waals surface area contributed by atoms with Gasteiger partial charge in [0.05, 0.1) is 0 Å². The maximum atomic E-state index is 10.5. The molecular weight excluding hydrogens is 142 g/mol. The van der Waals surface area contributed by atoms with E-state index in [2.05, 4.69) is 6.92 Å². The van der Waals surface area contributed by atoms with E-state index < -0.39 is 12.0 Å². The van der Waals surface area contributed by atoms with Gasteiger partial charge in [0.25, 0.3) is 0 Å². The van der Waals surface area contributed by atoms with Gasteiger partial charge < -0.3 is 10.8 Å². The largest absolute Gasteiger partial charge is 0.480 e. The molecule has 3 aliphatic rings. The number of rotatable bonds is 2. The first-order chi connectivity index (χ1) is 4.98. The molecule has 3 aliphatic carbocycles. The number of carboxylic acids is 1. The van der Waals surface area contributed by atoms with Gasteiger partial charge in [-0.3, -0.25) is 4.79 Å². The Bertz CT molecular complexity index is 204. The molecule has 0 saturated heterocycles. The van der Waals surface area contributed by atoms with Crippen LogP contribution in [0.5, 0.6) is 0 Å². The second-order valence-electron chi connectivity index (χ2n) is 4.52. The van der Waals surface area contributed by atoms with Crippen LogP contribution in [0.15, 0.2) is 0 Å². The van der Waals surface area contributed by atoms with Gasteiger partial charge in [0, 0.05) is 0 Å². The first kappa shape index (κ1) is 7.10. The van der Waals surface area contributed by atoms with Crippen LogP contribution in [0.3, 0.4) is 0 Å². The van der Waals surface area contributed by atoms with E-state index in [1.54, 1.807) is 0 Å². The fraction of sp³-hybridized carbons (Fsp3) is 0.875. The Morgan fingerprint density at radius 3 is 2.27 bits per heavy atom. The van der Waals surface area contributed by atoms with Gasteiger partial charge in [0.2, 0.25) is 0 Å². The van der Waals surface area contributed by atoms with Gasteiger partial charge in [-0.25, -0.2) is 0 Å². The van der Waals surface area contributed by atoms with Gasteiger partial charge in [-0.2, -0.15) is 0 Å². The van der Waals surface area contributed by atoms with E-state index in [4.69, 9.17) is 10.8 Å². The SMILES string of the molecule is CC12CC([C@@H](N)C(=O)O)(C1)C2. The van der Waals surface area contributed by atoms with Crippen molar-refractivity contribution >= 4 is 5.97 Å². The van der Waals surface area contributed by atoms with Gasteiger partial charge in [0.1, 0.15) is 6.04 Å². The molecular formula is C8H13NO2. The van der Waals surface area contributed by atoms with Crippen LogP contribution in [-0.4, -0.2) is 17.1 Å². The van der Waals surface area contributed by atoms with E-state index in [1.165, 1.54) is 0 Å². The third-order valence-corrected chi connectivity index (χ3v) is 3.26. The molecule has 3 nitrogen and oxygen atoms in total. The molecule has 0 aromatic heterocycles. The van der Waals surface area contributed by atoms with E-state index in [0.29, 0.717) is 5.41 Å². The molecule has 0 spiro atoms. The lowest BCUT2D eigenvalue weighted by Crippen LogP contribution is -2.69. The molecule has 3 saturated carbocycles. The molecule has 11 heavy (non-hydrogen) atoms. The highest BCUT2D eigenvalue weighted by Crippen LogP contribution is 2.74. The molecule has 2 bridgehead atoms. The Morgan fingerprint density at radius 1 is 1.55 bits per heavy atom. The third kappa shape index (κ3) is 0.692. The van der Waals surface area contributed by atoms with Crippen molar-refractivity contribution < 1.29 is 9.90 Å². The lowest BCUT2D eigenvalue weighted by atomic mass is 9.34. The first-order valence-electron chi connectivity index (χ1n) is 3.96. The van der Waals surface area contributed by atoms with E-state index in [0.717, 1.165) is 19.3 Å². The molecule has 1 atom stereocenters. The quantitative estimate of drug-likeness (QED) is 0.613.